The van der Waals surface area contributed by atoms with E-state index in [9.17, 15) is 0 Å². The standard InChI is InChI=1S/C15H20N4O/c16-15(19-20)11-5-8(3-4-17-11)7-18-14-12-9-1-2-10(6-9)13(12)14/h3-5,9-10,12-14,18,20H,1-2,6-7H2,(H2,16,19). The average Bonchev–Trinajstić information content (AvgIpc) is 2.87. The van der Waals surface area contributed by atoms with Crippen LogP contribution in [-0.2, 0) is 6.54 Å². The van der Waals surface area contributed by atoms with Gasteiger partial charge < -0.3 is 16.3 Å². The number of nitrogens with zero attached hydrogens (tertiary/aromatic N) is 2. The van der Waals surface area contributed by atoms with Gasteiger partial charge in [-0.1, -0.05) is 5.16 Å². The lowest BCUT2D eigenvalue weighted by Gasteiger charge is -2.11. The molecule has 5 nitrogen and oxygen atoms in total. The van der Waals surface area contributed by atoms with Crippen molar-refractivity contribution in [1.82, 2.24) is 10.3 Å². The van der Waals surface area contributed by atoms with Gasteiger partial charge in [0, 0.05) is 18.8 Å². The van der Waals surface area contributed by atoms with Gasteiger partial charge in [-0.05, 0) is 60.6 Å². The molecule has 3 aliphatic rings. The number of hydrogen-bond acceptors (Lipinski definition) is 4. The number of hydrogen-bond donors (Lipinski definition) is 3. The van der Waals surface area contributed by atoms with Crippen molar-refractivity contribution in [3.63, 3.8) is 0 Å². The summed E-state index contributed by atoms with van der Waals surface area (Å²) >= 11 is 0. The molecule has 5 heteroatoms. The van der Waals surface area contributed by atoms with Crippen molar-refractivity contribution in [3.8, 4) is 0 Å². The van der Waals surface area contributed by atoms with Crippen molar-refractivity contribution in [2.45, 2.75) is 31.8 Å². The number of rotatable bonds is 4. The van der Waals surface area contributed by atoms with Crippen LogP contribution in [0.3, 0.4) is 0 Å². The monoisotopic (exact) mass is 272 g/mol. The summed E-state index contributed by atoms with van der Waals surface area (Å²) in [6.07, 6.45) is 6.10. The number of nitrogens with two attached hydrogens (primary N) is 1. The number of aromatic nitrogens is 1. The van der Waals surface area contributed by atoms with Crippen LogP contribution in [-0.4, -0.2) is 22.1 Å². The molecule has 20 heavy (non-hydrogen) atoms. The van der Waals surface area contributed by atoms with Crippen molar-refractivity contribution >= 4 is 5.84 Å². The molecule has 0 aliphatic heterocycles. The quantitative estimate of drug-likeness (QED) is 0.334. The summed E-state index contributed by atoms with van der Waals surface area (Å²) in [5.74, 6) is 3.94. The summed E-state index contributed by atoms with van der Waals surface area (Å²) in [4.78, 5) is 4.10. The third-order valence-electron chi connectivity index (χ3n) is 5.47. The van der Waals surface area contributed by atoms with Crippen molar-refractivity contribution < 1.29 is 5.21 Å². The van der Waals surface area contributed by atoms with Crippen molar-refractivity contribution in [2.24, 2.45) is 34.6 Å². The molecule has 0 spiro atoms. The van der Waals surface area contributed by atoms with Crippen LogP contribution in [0.4, 0.5) is 0 Å². The normalized spacial score (nSPS) is 38.0. The first-order valence-electron chi connectivity index (χ1n) is 7.44. The van der Waals surface area contributed by atoms with Gasteiger partial charge in [0.1, 0.15) is 5.69 Å². The second kappa shape index (κ2) is 4.45. The number of oxime groups is 1. The second-order valence-corrected chi connectivity index (χ2v) is 6.43. The van der Waals surface area contributed by atoms with E-state index in [4.69, 9.17) is 10.9 Å². The van der Waals surface area contributed by atoms with E-state index in [2.05, 4.69) is 15.5 Å². The van der Waals surface area contributed by atoms with Crippen molar-refractivity contribution in [1.29, 1.82) is 0 Å². The molecule has 0 aromatic carbocycles. The maximum Gasteiger partial charge on any atom is 0.188 e. The average molecular weight is 272 g/mol. The third kappa shape index (κ3) is 1.80. The van der Waals surface area contributed by atoms with Gasteiger partial charge in [-0.3, -0.25) is 4.98 Å². The SMILES string of the molecule is N/C(=N/O)c1cc(CNC2C3C4CCC(C4)C23)ccn1. The third-order valence-corrected chi connectivity index (χ3v) is 5.47. The minimum Gasteiger partial charge on any atom is -0.409 e. The molecule has 4 unspecified atom stereocenters. The Kier molecular flexibility index (Phi) is 2.70. The van der Waals surface area contributed by atoms with E-state index in [-0.39, 0.29) is 5.84 Å². The topological polar surface area (TPSA) is 83.5 Å². The fraction of sp³-hybridized carbons (Fsp3) is 0.600. The van der Waals surface area contributed by atoms with Crippen molar-refractivity contribution in [3.05, 3.63) is 29.6 Å². The van der Waals surface area contributed by atoms with Gasteiger partial charge in [-0.15, -0.1) is 0 Å². The zero-order valence-corrected chi connectivity index (χ0v) is 11.4. The van der Waals surface area contributed by atoms with Crippen LogP contribution in [0.2, 0.25) is 0 Å². The highest BCUT2D eigenvalue weighted by Gasteiger charge is 2.64. The smallest absolute Gasteiger partial charge is 0.188 e. The molecule has 1 aromatic rings. The second-order valence-electron chi connectivity index (χ2n) is 6.43. The molecule has 4 atom stereocenters. The van der Waals surface area contributed by atoms with Crippen LogP contribution < -0.4 is 11.1 Å². The zero-order valence-electron chi connectivity index (χ0n) is 11.4. The van der Waals surface area contributed by atoms with E-state index in [1.807, 2.05) is 12.1 Å². The first kappa shape index (κ1) is 12.1. The molecule has 4 N–H and O–H groups in total. The Morgan fingerprint density at radius 2 is 2.15 bits per heavy atom. The Balaban J connectivity index is 1.39. The van der Waals surface area contributed by atoms with Gasteiger partial charge in [0.2, 0.25) is 0 Å². The molecular formula is C15H20N4O. The molecule has 3 saturated carbocycles. The zero-order chi connectivity index (χ0) is 13.7. The van der Waals surface area contributed by atoms with Gasteiger partial charge >= 0.3 is 0 Å². The molecule has 2 bridgehead atoms. The Morgan fingerprint density at radius 1 is 1.40 bits per heavy atom. The Hall–Kier alpha value is -1.62. The predicted molar refractivity (Wildman–Crippen MR) is 75.2 cm³/mol. The molecular weight excluding hydrogens is 252 g/mol. The highest BCUT2D eigenvalue weighted by Crippen LogP contribution is 2.65. The Morgan fingerprint density at radius 3 is 2.85 bits per heavy atom. The van der Waals surface area contributed by atoms with E-state index < -0.39 is 0 Å². The molecule has 0 amide bonds. The molecule has 1 heterocycles. The lowest BCUT2D eigenvalue weighted by molar-refractivity contribution is 0.318. The van der Waals surface area contributed by atoms with Crippen LogP contribution in [0.25, 0.3) is 0 Å². The largest absolute Gasteiger partial charge is 0.409 e. The first-order chi connectivity index (χ1) is 9.78. The number of nitrogens with one attached hydrogen (secondary N) is 1. The molecule has 3 aliphatic carbocycles. The summed E-state index contributed by atoms with van der Waals surface area (Å²) in [7, 11) is 0. The minimum atomic E-state index is 0.0631. The molecule has 0 radical (unpaired) electrons. The maximum atomic E-state index is 8.69. The van der Waals surface area contributed by atoms with Gasteiger partial charge in [-0.2, -0.15) is 0 Å². The fourth-order valence-corrected chi connectivity index (χ4v) is 4.61. The lowest BCUT2D eigenvalue weighted by atomic mass is 10.0. The van der Waals surface area contributed by atoms with Gasteiger partial charge in [0.05, 0.1) is 0 Å². The summed E-state index contributed by atoms with van der Waals surface area (Å²) in [5.41, 5.74) is 7.24. The van der Waals surface area contributed by atoms with Crippen LogP contribution in [0.1, 0.15) is 30.5 Å². The predicted octanol–water partition coefficient (Wildman–Crippen LogP) is 1.31. The molecule has 3 fully saturated rings. The van der Waals surface area contributed by atoms with Crippen LogP contribution in [0.15, 0.2) is 23.5 Å². The first-order valence-corrected chi connectivity index (χ1v) is 7.44. The van der Waals surface area contributed by atoms with Gasteiger partial charge in [0.25, 0.3) is 0 Å². The number of amidine groups is 1. The van der Waals surface area contributed by atoms with E-state index in [0.717, 1.165) is 41.8 Å². The number of pyridine rings is 1. The summed E-state index contributed by atoms with van der Waals surface area (Å²) < 4.78 is 0. The van der Waals surface area contributed by atoms with Crippen LogP contribution >= 0.6 is 0 Å². The molecule has 4 rings (SSSR count). The van der Waals surface area contributed by atoms with Crippen molar-refractivity contribution in [2.75, 3.05) is 0 Å². The summed E-state index contributed by atoms with van der Waals surface area (Å²) in [6.45, 7) is 0.839. The highest BCUT2D eigenvalue weighted by molar-refractivity contribution is 5.95. The molecule has 106 valence electrons. The van der Waals surface area contributed by atoms with Gasteiger partial charge in [0.15, 0.2) is 5.84 Å². The Labute approximate surface area is 118 Å². The van der Waals surface area contributed by atoms with E-state index >= 15 is 0 Å². The number of fused-ring (bicyclic) bond motifs is 5. The lowest BCUT2D eigenvalue weighted by Crippen LogP contribution is -2.23. The van der Waals surface area contributed by atoms with Crippen LogP contribution in [0.5, 0.6) is 0 Å². The van der Waals surface area contributed by atoms with E-state index in [1.54, 1.807) is 6.20 Å². The Bertz CT molecular complexity index is 543. The summed E-state index contributed by atoms with van der Waals surface area (Å²) in [5, 5.41) is 15.4. The highest BCUT2D eigenvalue weighted by atomic mass is 16.4. The fourth-order valence-electron chi connectivity index (χ4n) is 4.61. The molecule has 1 aromatic heterocycles. The molecule has 0 saturated heterocycles. The van der Waals surface area contributed by atoms with Crippen LogP contribution in [0, 0.1) is 23.7 Å². The maximum absolute atomic E-state index is 8.69. The van der Waals surface area contributed by atoms with E-state index in [0.29, 0.717) is 5.69 Å². The van der Waals surface area contributed by atoms with Gasteiger partial charge in [-0.25, -0.2) is 0 Å². The summed E-state index contributed by atoms with van der Waals surface area (Å²) in [6, 6.07) is 4.59. The van der Waals surface area contributed by atoms with E-state index in [1.165, 1.54) is 19.3 Å². The minimum absolute atomic E-state index is 0.0631.